The van der Waals surface area contributed by atoms with E-state index in [-0.39, 0.29) is 5.25 Å². The molecule has 1 aromatic rings. The average Bonchev–Trinajstić information content (AvgIpc) is 2.70. The quantitative estimate of drug-likeness (QED) is 0.814. The van der Waals surface area contributed by atoms with E-state index < -0.39 is 10.8 Å². The molecular formula is C12H23N3OS. The van der Waals surface area contributed by atoms with Crippen LogP contribution in [0.2, 0.25) is 0 Å². The molecule has 0 aliphatic rings. The largest absolute Gasteiger partial charge is 0.355 e. The summed E-state index contributed by atoms with van der Waals surface area (Å²) in [5.74, 6) is 1.51. The summed E-state index contributed by atoms with van der Waals surface area (Å²) in [6, 6.07) is 0. The minimum Gasteiger partial charge on any atom is -0.355 e. The molecular weight excluding hydrogens is 234 g/mol. The third-order valence-electron chi connectivity index (χ3n) is 2.73. The molecule has 2 atom stereocenters. The van der Waals surface area contributed by atoms with Crippen LogP contribution in [0.3, 0.4) is 0 Å². The minimum absolute atomic E-state index is 0.232. The number of hydrogen-bond acceptors (Lipinski definition) is 3. The van der Waals surface area contributed by atoms with Gasteiger partial charge in [-0.25, -0.2) is 4.98 Å². The van der Waals surface area contributed by atoms with E-state index in [4.69, 9.17) is 0 Å². The van der Waals surface area contributed by atoms with Crippen molar-refractivity contribution >= 4 is 16.7 Å². The van der Waals surface area contributed by atoms with E-state index in [9.17, 15) is 4.21 Å². The molecule has 0 amide bonds. The topological polar surface area (TPSA) is 46.9 Å². The van der Waals surface area contributed by atoms with Crippen LogP contribution >= 0.6 is 0 Å². The molecule has 0 aliphatic heterocycles. The van der Waals surface area contributed by atoms with Crippen LogP contribution in [0.15, 0.2) is 12.4 Å². The number of aryl methyl sites for hydroxylation is 1. The molecule has 0 saturated heterocycles. The molecule has 1 N–H and O–H groups in total. The van der Waals surface area contributed by atoms with Crippen molar-refractivity contribution in [3.8, 4) is 0 Å². The van der Waals surface area contributed by atoms with Crippen LogP contribution in [0.5, 0.6) is 0 Å². The third-order valence-corrected chi connectivity index (χ3v) is 4.10. The van der Waals surface area contributed by atoms with Crippen molar-refractivity contribution in [2.75, 3.05) is 18.1 Å². The molecule has 17 heavy (non-hydrogen) atoms. The highest BCUT2D eigenvalue weighted by Gasteiger charge is 2.08. The summed E-state index contributed by atoms with van der Waals surface area (Å²) in [7, 11) is -0.744. The van der Waals surface area contributed by atoms with Gasteiger partial charge in [0.05, 0.1) is 0 Å². The van der Waals surface area contributed by atoms with Gasteiger partial charge in [0.25, 0.3) is 0 Å². The Hall–Kier alpha value is -0.840. The zero-order valence-electron chi connectivity index (χ0n) is 11.1. The zero-order valence-corrected chi connectivity index (χ0v) is 12.0. The standard InChI is InChI=1S/C12H23N3OS/c1-10(2)9-14-12-13-6-8-15(12)7-5-11(3)17(4)16/h6,8,10-11H,5,7,9H2,1-4H3,(H,13,14). The number of nitrogens with zero attached hydrogens (tertiary/aromatic N) is 2. The Kier molecular flexibility index (Phi) is 5.68. The second-order valence-electron chi connectivity index (χ2n) is 4.82. The molecule has 1 heterocycles. The van der Waals surface area contributed by atoms with E-state index in [0.29, 0.717) is 5.92 Å². The van der Waals surface area contributed by atoms with Gasteiger partial charge in [-0.1, -0.05) is 20.8 Å². The summed E-state index contributed by atoms with van der Waals surface area (Å²) in [4.78, 5) is 4.29. The van der Waals surface area contributed by atoms with E-state index >= 15 is 0 Å². The fourth-order valence-electron chi connectivity index (χ4n) is 1.44. The first-order valence-electron chi connectivity index (χ1n) is 6.08. The lowest BCUT2D eigenvalue weighted by Crippen LogP contribution is -2.16. The van der Waals surface area contributed by atoms with Gasteiger partial charge in [-0.15, -0.1) is 0 Å². The fourth-order valence-corrected chi connectivity index (χ4v) is 1.88. The molecule has 1 rings (SSSR count). The Morgan fingerprint density at radius 1 is 1.47 bits per heavy atom. The van der Waals surface area contributed by atoms with Crippen molar-refractivity contribution in [1.82, 2.24) is 9.55 Å². The number of nitrogens with one attached hydrogen (secondary N) is 1. The van der Waals surface area contributed by atoms with Gasteiger partial charge < -0.3 is 9.88 Å². The molecule has 98 valence electrons. The Balaban J connectivity index is 2.48. The van der Waals surface area contributed by atoms with E-state index in [2.05, 4.69) is 28.7 Å². The van der Waals surface area contributed by atoms with Crippen molar-refractivity contribution in [2.45, 2.75) is 39.0 Å². The normalized spacial score (nSPS) is 14.9. The van der Waals surface area contributed by atoms with Gasteiger partial charge in [-0.3, -0.25) is 4.21 Å². The lowest BCUT2D eigenvalue weighted by atomic mass is 10.2. The Bertz CT molecular complexity index is 362. The lowest BCUT2D eigenvalue weighted by molar-refractivity contribution is 0.616. The molecule has 0 fully saturated rings. The third kappa shape index (κ3) is 4.89. The smallest absolute Gasteiger partial charge is 0.202 e. The van der Waals surface area contributed by atoms with Gasteiger partial charge in [0.2, 0.25) is 5.95 Å². The van der Waals surface area contributed by atoms with Crippen molar-refractivity contribution in [3.05, 3.63) is 12.4 Å². The van der Waals surface area contributed by atoms with Crippen molar-refractivity contribution in [1.29, 1.82) is 0 Å². The SMILES string of the molecule is CC(C)CNc1nccn1CCC(C)S(C)=O. The summed E-state index contributed by atoms with van der Waals surface area (Å²) in [6.07, 6.45) is 6.44. The second-order valence-corrected chi connectivity index (χ2v) is 6.62. The van der Waals surface area contributed by atoms with Crippen molar-refractivity contribution in [3.63, 3.8) is 0 Å². The summed E-state index contributed by atoms with van der Waals surface area (Å²) < 4.78 is 13.4. The monoisotopic (exact) mass is 257 g/mol. The van der Waals surface area contributed by atoms with E-state index in [1.54, 1.807) is 12.5 Å². The minimum atomic E-state index is -0.744. The molecule has 0 aromatic carbocycles. The molecule has 0 spiro atoms. The molecule has 0 bridgehead atoms. The number of imidazole rings is 1. The van der Waals surface area contributed by atoms with E-state index in [0.717, 1.165) is 25.5 Å². The van der Waals surface area contributed by atoms with Gasteiger partial charge in [0.15, 0.2) is 0 Å². The van der Waals surface area contributed by atoms with Crippen LogP contribution < -0.4 is 5.32 Å². The predicted molar refractivity (Wildman–Crippen MR) is 73.7 cm³/mol. The van der Waals surface area contributed by atoms with Gasteiger partial charge in [0.1, 0.15) is 0 Å². The van der Waals surface area contributed by atoms with Crippen molar-refractivity contribution < 1.29 is 4.21 Å². The zero-order chi connectivity index (χ0) is 12.8. The Morgan fingerprint density at radius 3 is 2.76 bits per heavy atom. The van der Waals surface area contributed by atoms with Crippen LogP contribution in [0.25, 0.3) is 0 Å². The predicted octanol–water partition coefficient (Wildman–Crippen LogP) is 2.11. The molecule has 0 saturated carbocycles. The lowest BCUT2D eigenvalue weighted by Gasteiger charge is -2.13. The Labute approximate surface area is 106 Å². The summed E-state index contributed by atoms with van der Waals surface area (Å²) in [5.41, 5.74) is 0. The number of hydrogen-bond donors (Lipinski definition) is 1. The maximum absolute atomic E-state index is 11.3. The van der Waals surface area contributed by atoms with Crippen LogP contribution in [0.1, 0.15) is 27.2 Å². The highest BCUT2D eigenvalue weighted by molar-refractivity contribution is 7.84. The summed E-state index contributed by atoms with van der Waals surface area (Å²) >= 11 is 0. The highest BCUT2D eigenvalue weighted by atomic mass is 32.2. The summed E-state index contributed by atoms with van der Waals surface area (Å²) in [6.45, 7) is 8.15. The first-order chi connectivity index (χ1) is 8.00. The van der Waals surface area contributed by atoms with Crippen LogP contribution in [-0.2, 0) is 17.3 Å². The maximum Gasteiger partial charge on any atom is 0.202 e. The molecule has 1 aromatic heterocycles. The number of anilines is 1. The van der Waals surface area contributed by atoms with Crippen LogP contribution in [-0.4, -0.2) is 31.8 Å². The van der Waals surface area contributed by atoms with Gasteiger partial charge in [-0.2, -0.15) is 0 Å². The van der Waals surface area contributed by atoms with E-state index in [1.165, 1.54) is 0 Å². The summed E-state index contributed by atoms with van der Waals surface area (Å²) in [5, 5.41) is 3.55. The van der Waals surface area contributed by atoms with Crippen LogP contribution in [0.4, 0.5) is 5.95 Å². The van der Waals surface area contributed by atoms with Gasteiger partial charge in [-0.05, 0) is 12.3 Å². The number of rotatable bonds is 7. The first-order valence-corrected chi connectivity index (χ1v) is 7.70. The van der Waals surface area contributed by atoms with Gasteiger partial charge >= 0.3 is 0 Å². The molecule has 2 unspecified atom stereocenters. The molecule has 0 aliphatic carbocycles. The first kappa shape index (κ1) is 14.2. The van der Waals surface area contributed by atoms with E-state index in [1.807, 2.05) is 13.1 Å². The molecule has 0 radical (unpaired) electrons. The van der Waals surface area contributed by atoms with Gasteiger partial charge in [0, 0.05) is 47.8 Å². The maximum atomic E-state index is 11.3. The number of aromatic nitrogens is 2. The second kappa shape index (κ2) is 6.79. The Morgan fingerprint density at radius 2 is 2.18 bits per heavy atom. The highest BCUT2D eigenvalue weighted by Crippen LogP contribution is 2.09. The fraction of sp³-hybridized carbons (Fsp3) is 0.750. The average molecular weight is 257 g/mol. The van der Waals surface area contributed by atoms with Crippen molar-refractivity contribution in [2.24, 2.45) is 5.92 Å². The molecule has 4 nitrogen and oxygen atoms in total. The molecule has 5 heteroatoms. The van der Waals surface area contributed by atoms with Crippen LogP contribution in [0, 0.1) is 5.92 Å².